The van der Waals surface area contributed by atoms with Gasteiger partial charge in [-0.3, -0.25) is 9.59 Å². The summed E-state index contributed by atoms with van der Waals surface area (Å²) in [7, 11) is 0. The summed E-state index contributed by atoms with van der Waals surface area (Å²) >= 11 is 0. The Kier molecular flexibility index (Phi) is 6.65. The third kappa shape index (κ3) is 4.43. The van der Waals surface area contributed by atoms with E-state index in [2.05, 4.69) is 26.1 Å². The standard InChI is InChI=1S/C16H30N2O3/c1-6-9-21-10-8-18-13(11-12(3)4)14(19)17-16(5,7-2)15(18)20/h12-13H,6-11H2,1-5H3,(H,17,19). The molecular weight excluding hydrogens is 268 g/mol. The number of carbonyl (C=O) groups is 2. The van der Waals surface area contributed by atoms with Crippen LogP contribution in [0.25, 0.3) is 0 Å². The lowest BCUT2D eigenvalue weighted by Crippen LogP contribution is -2.69. The fourth-order valence-electron chi connectivity index (χ4n) is 2.60. The van der Waals surface area contributed by atoms with Crippen LogP contribution in [0, 0.1) is 5.92 Å². The summed E-state index contributed by atoms with van der Waals surface area (Å²) < 4.78 is 5.50. The Morgan fingerprint density at radius 1 is 1.29 bits per heavy atom. The van der Waals surface area contributed by atoms with E-state index >= 15 is 0 Å². The van der Waals surface area contributed by atoms with Gasteiger partial charge < -0.3 is 15.0 Å². The van der Waals surface area contributed by atoms with Crippen LogP contribution in [0.4, 0.5) is 0 Å². The second kappa shape index (κ2) is 7.78. The highest BCUT2D eigenvalue weighted by atomic mass is 16.5. The summed E-state index contributed by atoms with van der Waals surface area (Å²) in [5.74, 6) is 0.331. The van der Waals surface area contributed by atoms with Gasteiger partial charge in [-0.15, -0.1) is 0 Å². The van der Waals surface area contributed by atoms with Gasteiger partial charge in [0, 0.05) is 13.2 Å². The second-order valence-electron chi connectivity index (χ2n) is 6.43. The molecule has 0 bridgehead atoms. The minimum absolute atomic E-state index is 0.00958. The van der Waals surface area contributed by atoms with E-state index in [1.807, 2.05) is 6.92 Å². The molecule has 0 aromatic carbocycles. The molecule has 2 amide bonds. The van der Waals surface area contributed by atoms with Gasteiger partial charge in [-0.05, 0) is 32.1 Å². The minimum Gasteiger partial charge on any atom is -0.380 e. The molecule has 0 aromatic rings. The summed E-state index contributed by atoms with van der Waals surface area (Å²) in [5, 5.41) is 2.91. The number of hydrogen-bond donors (Lipinski definition) is 1. The van der Waals surface area contributed by atoms with Crippen LogP contribution < -0.4 is 5.32 Å². The Morgan fingerprint density at radius 3 is 2.48 bits per heavy atom. The van der Waals surface area contributed by atoms with E-state index in [1.165, 1.54) is 0 Å². The number of amides is 2. The molecule has 0 aliphatic carbocycles. The van der Waals surface area contributed by atoms with E-state index in [0.29, 0.717) is 38.5 Å². The first-order valence-electron chi connectivity index (χ1n) is 8.06. The molecule has 1 rings (SSSR count). The van der Waals surface area contributed by atoms with Crippen LogP contribution in [0.1, 0.15) is 53.9 Å². The largest absolute Gasteiger partial charge is 0.380 e. The average Bonchev–Trinajstić information content (AvgIpc) is 2.43. The number of carbonyl (C=O) groups excluding carboxylic acids is 2. The van der Waals surface area contributed by atoms with Crippen LogP contribution in [0.2, 0.25) is 0 Å². The van der Waals surface area contributed by atoms with Gasteiger partial charge in [0.25, 0.3) is 0 Å². The van der Waals surface area contributed by atoms with Gasteiger partial charge in [-0.1, -0.05) is 27.7 Å². The highest BCUT2D eigenvalue weighted by Crippen LogP contribution is 2.24. The average molecular weight is 298 g/mol. The van der Waals surface area contributed by atoms with Crippen molar-refractivity contribution in [2.24, 2.45) is 5.92 Å². The van der Waals surface area contributed by atoms with Crippen molar-refractivity contribution >= 4 is 11.8 Å². The van der Waals surface area contributed by atoms with E-state index < -0.39 is 5.54 Å². The number of ether oxygens (including phenoxy) is 1. The van der Waals surface area contributed by atoms with E-state index in [4.69, 9.17) is 4.74 Å². The molecule has 0 aromatic heterocycles. The quantitative estimate of drug-likeness (QED) is 0.697. The molecule has 21 heavy (non-hydrogen) atoms. The molecule has 2 atom stereocenters. The Balaban J connectivity index is 2.84. The number of nitrogens with one attached hydrogen (secondary N) is 1. The number of nitrogens with zero attached hydrogens (tertiary/aromatic N) is 1. The Labute approximate surface area is 128 Å². The van der Waals surface area contributed by atoms with E-state index in [1.54, 1.807) is 11.8 Å². The van der Waals surface area contributed by atoms with Gasteiger partial charge >= 0.3 is 0 Å². The highest BCUT2D eigenvalue weighted by molar-refractivity contribution is 5.99. The molecule has 0 saturated carbocycles. The van der Waals surface area contributed by atoms with Gasteiger partial charge in [-0.2, -0.15) is 0 Å². The zero-order valence-corrected chi connectivity index (χ0v) is 14.1. The summed E-state index contributed by atoms with van der Waals surface area (Å²) in [5.41, 5.74) is -0.782. The molecule has 1 saturated heterocycles. The maximum absolute atomic E-state index is 12.7. The molecule has 1 aliphatic heterocycles. The van der Waals surface area contributed by atoms with Crippen molar-refractivity contribution in [3.05, 3.63) is 0 Å². The monoisotopic (exact) mass is 298 g/mol. The fraction of sp³-hybridized carbons (Fsp3) is 0.875. The second-order valence-corrected chi connectivity index (χ2v) is 6.43. The normalized spacial score (nSPS) is 26.4. The minimum atomic E-state index is -0.782. The topological polar surface area (TPSA) is 58.6 Å². The van der Waals surface area contributed by atoms with Crippen molar-refractivity contribution in [1.29, 1.82) is 0 Å². The number of hydrogen-bond acceptors (Lipinski definition) is 3. The van der Waals surface area contributed by atoms with Gasteiger partial charge in [0.15, 0.2) is 0 Å². The molecule has 1 N–H and O–H groups in total. The maximum Gasteiger partial charge on any atom is 0.248 e. The first-order valence-corrected chi connectivity index (χ1v) is 8.06. The third-order valence-corrected chi connectivity index (χ3v) is 4.04. The molecule has 122 valence electrons. The van der Waals surface area contributed by atoms with Crippen LogP contribution in [-0.4, -0.2) is 48.1 Å². The molecule has 1 heterocycles. The molecule has 5 nitrogen and oxygen atoms in total. The van der Waals surface area contributed by atoms with Crippen LogP contribution in [0.3, 0.4) is 0 Å². The number of rotatable bonds is 8. The molecule has 1 fully saturated rings. The first kappa shape index (κ1) is 18.0. The van der Waals surface area contributed by atoms with Crippen molar-refractivity contribution in [2.75, 3.05) is 19.8 Å². The maximum atomic E-state index is 12.7. The van der Waals surface area contributed by atoms with Crippen LogP contribution in [0.5, 0.6) is 0 Å². The zero-order valence-electron chi connectivity index (χ0n) is 14.1. The third-order valence-electron chi connectivity index (χ3n) is 4.04. The lowest BCUT2D eigenvalue weighted by Gasteiger charge is -2.44. The predicted octanol–water partition coefficient (Wildman–Crippen LogP) is 1.95. The van der Waals surface area contributed by atoms with Crippen LogP contribution in [-0.2, 0) is 14.3 Å². The van der Waals surface area contributed by atoms with E-state index in [-0.39, 0.29) is 17.9 Å². The number of piperazine rings is 1. The Hall–Kier alpha value is -1.10. The van der Waals surface area contributed by atoms with E-state index in [9.17, 15) is 9.59 Å². The molecule has 0 spiro atoms. The van der Waals surface area contributed by atoms with Crippen molar-refractivity contribution in [1.82, 2.24) is 10.2 Å². The smallest absolute Gasteiger partial charge is 0.248 e. The molecule has 5 heteroatoms. The van der Waals surface area contributed by atoms with Crippen molar-refractivity contribution in [2.45, 2.75) is 65.5 Å². The Morgan fingerprint density at radius 2 is 1.95 bits per heavy atom. The SMILES string of the molecule is CCCOCCN1C(=O)C(C)(CC)NC(=O)C1CC(C)C. The fourth-order valence-corrected chi connectivity index (χ4v) is 2.60. The van der Waals surface area contributed by atoms with Crippen molar-refractivity contribution in [3.8, 4) is 0 Å². The van der Waals surface area contributed by atoms with Crippen molar-refractivity contribution in [3.63, 3.8) is 0 Å². The molecule has 2 unspecified atom stereocenters. The van der Waals surface area contributed by atoms with Crippen LogP contribution in [0.15, 0.2) is 0 Å². The van der Waals surface area contributed by atoms with Gasteiger partial charge in [0.2, 0.25) is 11.8 Å². The van der Waals surface area contributed by atoms with E-state index in [0.717, 1.165) is 6.42 Å². The van der Waals surface area contributed by atoms with Crippen molar-refractivity contribution < 1.29 is 14.3 Å². The van der Waals surface area contributed by atoms with Gasteiger partial charge in [0.1, 0.15) is 11.6 Å². The molecule has 0 radical (unpaired) electrons. The molecule has 1 aliphatic rings. The van der Waals surface area contributed by atoms with Gasteiger partial charge in [-0.25, -0.2) is 0 Å². The summed E-state index contributed by atoms with van der Waals surface area (Å²) in [6, 6.07) is -0.373. The molecular formula is C16H30N2O3. The zero-order chi connectivity index (χ0) is 16.0. The summed E-state index contributed by atoms with van der Waals surface area (Å²) in [6.45, 7) is 11.6. The lowest BCUT2D eigenvalue weighted by molar-refractivity contribution is -0.156. The predicted molar refractivity (Wildman–Crippen MR) is 82.9 cm³/mol. The summed E-state index contributed by atoms with van der Waals surface area (Å²) in [6.07, 6.45) is 2.24. The first-order chi connectivity index (χ1) is 9.85. The van der Waals surface area contributed by atoms with Crippen LogP contribution >= 0.6 is 0 Å². The Bertz CT molecular complexity index is 371. The lowest BCUT2D eigenvalue weighted by atomic mass is 9.89. The summed E-state index contributed by atoms with van der Waals surface area (Å²) in [4.78, 5) is 26.9. The highest BCUT2D eigenvalue weighted by Gasteiger charge is 2.46. The van der Waals surface area contributed by atoms with Gasteiger partial charge in [0.05, 0.1) is 6.61 Å².